The summed E-state index contributed by atoms with van der Waals surface area (Å²) in [4.78, 5) is 10.2. The van der Waals surface area contributed by atoms with Crippen LogP contribution in [0.2, 0.25) is 0 Å². The summed E-state index contributed by atoms with van der Waals surface area (Å²) in [6.07, 6.45) is 3.12. The molecule has 0 aliphatic heterocycles. The van der Waals surface area contributed by atoms with Gasteiger partial charge in [-0.25, -0.2) is 0 Å². The van der Waals surface area contributed by atoms with Crippen LogP contribution < -0.4 is 9.47 Å². The van der Waals surface area contributed by atoms with Gasteiger partial charge < -0.3 is 9.47 Å². The first kappa shape index (κ1) is 13.3. The molecule has 17 heavy (non-hydrogen) atoms. The van der Waals surface area contributed by atoms with Gasteiger partial charge in [-0.15, -0.1) is 0 Å². The maximum Gasteiger partial charge on any atom is 0.273 e. The van der Waals surface area contributed by atoms with Crippen LogP contribution in [0.4, 0.5) is 5.69 Å². The van der Waals surface area contributed by atoms with Crippen LogP contribution in [0, 0.1) is 10.1 Å². The molecule has 0 N–H and O–H groups in total. The summed E-state index contributed by atoms with van der Waals surface area (Å²) in [5.41, 5.74) is 0.0105. The SMILES string of the molecule is CCCCCOc1cc([N+](=O)[O-])ccc1OC. The van der Waals surface area contributed by atoms with Crippen molar-refractivity contribution in [3.8, 4) is 11.5 Å². The minimum atomic E-state index is -0.446. The molecule has 0 saturated carbocycles. The molecule has 0 aliphatic carbocycles. The van der Waals surface area contributed by atoms with E-state index in [-0.39, 0.29) is 5.69 Å². The Bertz CT molecular complexity index is 379. The fraction of sp³-hybridized carbons (Fsp3) is 0.500. The molecule has 0 fully saturated rings. The topological polar surface area (TPSA) is 61.6 Å². The average molecular weight is 239 g/mol. The molecule has 0 atom stereocenters. The monoisotopic (exact) mass is 239 g/mol. The number of hydrogen-bond donors (Lipinski definition) is 0. The zero-order valence-electron chi connectivity index (χ0n) is 10.1. The van der Waals surface area contributed by atoms with E-state index in [1.165, 1.54) is 19.2 Å². The van der Waals surface area contributed by atoms with E-state index in [1.54, 1.807) is 6.07 Å². The molecular weight excluding hydrogens is 222 g/mol. The van der Waals surface area contributed by atoms with Gasteiger partial charge in [0.25, 0.3) is 5.69 Å². The van der Waals surface area contributed by atoms with Gasteiger partial charge in [-0.3, -0.25) is 10.1 Å². The quantitative estimate of drug-likeness (QED) is 0.416. The highest BCUT2D eigenvalue weighted by atomic mass is 16.6. The second-order valence-electron chi connectivity index (χ2n) is 3.65. The van der Waals surface area contributed by atoms with Gasteiger partial charge in [-0.1, -0.05) is 19.8 Å². The second-order valence-corrected chi connectivity index (χ2v) is 3.65. The summed E-state index contributed by atoms with van der Waals surface area (Å²) < 4.78 is 10.6. The Morgan fingerprint density at radius 1 is 1.29 bits per heavy atom. The lowest BCUT2D eigenvalue weighted by Crippen LogP contribution is -2.00. The number of non-ortho nitro benzene ring substituents is 1. The molecule has 0 radical (unpaired) electrons. The molecule has 0 spiro atoms. The number of nitro benzene ring substituents is 1. The summed E-state index contributed by atoms with van der Waals surface area (Å²) in [6.45, 7) is 2.65. The van der Waals surface area contributed by atoms with Crippen LogP contribution in [0.5, 0.6) is 11.5 Å². The number of rotatable bonds is 7. The number of nitro groups is 1. The minimum Gasteiger partial charge on any atom is -0.493 e. The molecule has 0 aromatic heterocycles. The molecule has 5 heteroatoms. The number of methoxy groups -OCH3 is 1. The molecule has 0 aliphatic rings. The Labute approximate surface area is 101 Å². The third-order valence-corrected chi connectivity index (χ3v) is 2.36. The van der Waals surface area contributed by atoms with Gasteiger partial charge in [0, 0.05) is 6.07 Å². The summed E-state index contributed by atoms with van der Waals surface area (Å²) in [5, 5.41) is 10.6. The average Bonchev–Trinajstić information content (AvgIpc) is 2.34. The third kappa shape index (κ3) is 3.94. The molecule has 0 amide bonds. The minimum absolute atomic E-state index is 0.0105. The third-order valence-electron chi connectivity index (χ3n) is 2.36. The van der Waals surface area contributed by atoms with Crippen molar-refractivity contribution in [1.29, 1.82) is 0 Å². The van der Waals surface area contributed by atoms with Gasteiger partial charge in [-0.05, 0) is 12.5 Å². The number of unbranched alkanes of at least 4 members (excludes halogenated alkanes) is 2. The fourth-order valence-electron chi connectivity index (χ4n) is 1.43. The highest BCUT2D eigenvalue weighted by molar-refractivity contribution is 5.48. The molecular formula is C12H17NO4. The summed E-state index contributed by atoms with van der Waals surface area (Å²) in [6, 6.07) is 4.34. The number of benzene rings is 1. The Morgan fingerprint density at radius 3 is 2.65 bits per heavy atom. The van der Waals surface area contributed by atoms with Gasteiger partial charge in [-0.2, -0.15) is 0 Å². The van der Waals surface area contributed by atoms with Crippen molar-refractivity contribution < 1.29 is 14.4 Å². The van der Waals surface area contributed by atoms with Crippen LogP contribution >= 0.6 is 0 Å². The first-order valence-electron chi connectivity index (χ1n) is 5.64. The van der Waals surface area contributed by atoms with Gasteiger partial charge in [0.05, 0.1) is 24.7 Å². The highest BCUT2D eigenvalue weighted by Crippen LogP contribution is 2.31. The second kappa shape index (κ2) is 6.73. The van der Waals surface area contributed by atoms with E-state index in [1.807, 2.05) is 0 Å². The summed E-state index contributed by atoms with van der Waals surface area (Å²) in [7, 11) is 1.51. The molecule has 94 valence electrons. The maximum absolute atomic E-state index is 10.6. The zero-order valence-corrected chi connectivity index (χ0v) is 10.1. The van der Waals surface area contributed by atoms with Crippen LogP contribution in [0.15, 0.2) is 18.2 Å². The van der Waals surface area contributed by atoms with Crippen LogP contribution in [-0.4, -0.2) is 18.6 Å². The van der Waals surface area contributed by atoms with E-state index in [2.05, 4.69) is 6.92 Å². The van der Waals surface area contributed by atoms with Gasteiger partial charge in [0.2, 0.25) is 0 Å². The highest BCUT2D eigenvalue weighted by Gasteiger charge is 2.12. The molecule has 0 heterocycles. The Kier molecular flexibility index (Phi) is 5.26. The Hall–Kier alpha value is -1.78. The van der Waals surface area contributed by atoms with Crippen molar-refractivity contribution in [2.24, 2.45) is 0 Å². The predicted octanol–water partition coefficient (Wildman–Crippen LogP) is 3.17. The van der Waals surface area contributed by atoms with Crippen molar-refractivity contribution in [2.45, 2.75) is 26.2 Å². The first-order chi connectivity index (χ1) is 8.19. The lowest BCUT2D eigenvalue weighted by molar-refractivity contribution is -0.385. The van der Waals surface area contributed by atoms with Gasteiger partial charge in [0.1, 0.15) is 0 Å². The number of nitrogens with zero attached hydrogens (tertiary/aromatic N) is 1. The summed E-state index contributed by atoms with van der Waals surface area (Å²) >= 11 is 0. The normalized spacial score (nSPS) is 10.0. The molecule has 1 rings (SSSR count). The van der Waals surface area contributed by atoms with Crippen LogP contribution in [-0.2, 0) is 0 Å². The van der Waals surface area contributed by atoms with E-state index >= 15 is 0 Å². The lowest BCUT2D eigenvalue weighted by atomic mass is 10.2. The van der Waals surface area contributed by atoms with Crippen molar-refractivity contribution >= 4 is 5.69 Å². The predicted molar refractivity (Wildman–Crippen MR) is 64.7 cm³/mol. The van der Waals surface area contributed by atoms with Crippen LogP contribution in [0.1, 0.15) is 26.2 Å². The molecule has 0 saturated heterocycles. The Morgan fingerprint density at radius 2 is 2.06 bits per heavy atom. The van der Waals surface area contributed by atoms with Crippen molar-refractivity contribution in [3.63, 3.8) is 0 Å². The molecule has 0 unspecified atom stereocenters. The smallest absolute Gasteiger partial charge is 0.273 e. The van der Waals surface area contributed by atoms with E-state index in [0.29, 0.717) is 18.1 Å². The number of hydrogen-bond acceptors (Lipinski definition) is 4. The largest absolute Gasteiger partial charge is 0.493 e. The van der Waals surface area contributed by atoms with E-state index in [0.717, 1.165) is 19.3 Å². The Balaban J connectivity index is 2.72. The summed E-state index contributed by atoms with van der Waals surface area (Å²) in [5.74, 6) is 0.949. The fourth-order valence-corrected chi connectivity index (χ4v) is 1.43. The van der Waals surface area contributed by atoms with Crippen LogP contribution in [0.3, 0.4) is 0 Å². The maximum atomic E-state index is 10.6. The van der Waals surface area contributed by atoms with Crippen molar-refractivity contribution in [2.75, 3.05) is 13.7 Å². The van der Waals surface area contributed by atoms with Gasteiger partial charge >= 0.3 is 0 Å². The van der Waals surface area contributed by atoms with Crippen molar-refractivity contribution in [3.05, 3.63) is 28.3 Å². The van der Waals surface area contributed by atoms with E-state index in [4.69, 9.17) is 9.47 Å². The first-order valence-corrected chi connectivity index (χ1v) is 5.64. The lowest BCUT2D eigenvalue weighted by Gasteiger charge is -2.09. The molecule has 1 aromatic carbocycles. The van der Waals surface area contributed by atoms with Gasteiger partial charge in [0.15, 0.2) is 11.5 Å². The van der Waals surface area contributed by atoms with E-state index in [9.17, 15) is 10.1 Å². The standard InChI is InChI=1S/C12H17NO4/c1-3-4-5-8-17-12-9-10(13(14)15)6-7-11(12)16-2/h6-7,9H,3-5,8H2,1-2H3. The van der Waals surface area contributed by atoms with E-state index < -0.39 is 4.92 Å². The molecule has 1 aromatic rings. The van der Waals surface area contributed by atoms with Crippen molar-refractivity contribution in [1.82, 2.24) is 0 Å². The van der Waals surface area contributed by atoms with Crippen LogP contribution in [0.25, 0.3) is 0 Å². The zero-order chi connectivity index (χ0) is 12.7. The molecule has 5 nitrogen and oxygen atoms in total. The number of ether oxygens (including phenoxy) is 2. The molecule has 0 bridgehead atoms.